The van der Waals surface area contributed by atoms with Crippen molar-refractivity contribution in [3.05, 3.63) is 0 Å². The first-order chi connectivity index (χ1) is 6.67. The van der Waals surface area contributed by atoms with Crippen molar-refractivity contribution in [3.63, 3.8) is 0 Å². The van der Waals surface area contributed by atoms with Crippen LogP contribution in [0.15, 0.2) is 0 Å². The molecule has 0 aromatic carbocycles. The van der Waals surface area contributed by atoms with Crippen molar-refractivity contribution in [2.75, 3.05) is 13.2 Å². The average Bonchev–Trinajstić information content (AvgIpc) is 2.44. The highest BCUT2D eigenvalue weighted by Crippen LogP contribution is 2.37. The normalized spacial score (nSPS) is 37.7. The molecular formula is C10H20O4. The summed E-state index contributed by atoms with van der Waals surface area (Å²) >= 11 is 0. The van der Waals surface area contributed by atoms with E-state index >= 15 is 0 Å². The van der Waals surface area contributed by atoms with Crippen LogP contribution in [0.5, 0.6) is 0 Å². The molecule has 0 unspecified atom stereocenters. The highest BCUT2D eigenvalue weighted by atomic mass is 16.5. The summed E-state index contributed by atoms with van der Waals surface area (Å²) in [5.41, 5.74) is -0.420. The Balaban J connectivity index is 2.61. The van der Waals surface area contributed by atoms with Gasteiger partial charge in [-0.2, -0.15) is 0 Å². The number of ether oxygens (including phenoxy) is 1. The Labute approximate surface area is 84.5 Å². The first kappa shape index (κ1) is 11.9. The van der Waals surface area contributed by atoms with Crippen LogP contribution >= 0.6 is 0 Å². The van der Waals surface area contributed by atoms with Crippen LogP contribution in [0, 0.1) is 0 Å². The van der Waals surface area contributed by atoms with Crippen molar-refractivity contribution in [2.45, 2.75) is 50.4 Å². The zero-order valence-electron chi connectivity index (χ0n) is 8.65. The van der Waals surface area contributed by atoms with Crippen LogP contribution in [-0.2, 0) is 4.74 Å². The van der Waals surface area contributed by atoms with Gasteiger partial charge in [0.05, 0.1) is 18.3 Å². The SMILES string of the molecule is CCC[C@]1(CCO)C[C@H](O)[C@@H](CO)O1. The predicted molar refractivity (Wildman–Crippen MR) is 51.9 cm³/mol. The first-order valence-electron chi connectivity index (χ1n) is 5.25. The van der Waals surface area contributed by atoms with Crippen LogP contribution in [0.2, 0.25) is 0 Å². The van der Waals surface area contributed by atoms with Gasteiger partial charge < -0.3 is 20.1 Å². The van der Waals surface area contributed by atoms with Gasteiger partial charge in [0, 0.05) is 13.0 Å². The van der Waals surface area contributed by atoms with Crippen LogP contribution < -0.4 is 0 Å². The van der Waals surface area contributed by atoms with Gasteiger partial charge in [0.2, 0.25) is 0 Å². The average molecular weight is 204 g/mol. The topological polar surface area (TPSA) is 69.9 Å². The molecule has 0 radical (unpaired) electrons. The molecular weight excluding hydrogens is 184 g/mol. The van der Waals surface area contributed by atoms with Crippen molar-refractivity contribution in [3.8, 4) is 0 Å². The van der Waals surface area contributed by atoms with E-state index in [0.29, 0.717) is 12.8 Å². The molecule has 1 saturated heterocycles. The van der Waals surface area contributed by atoms with Crippen molar-refractivity contribution in [1.82, 2.24) is 0 Å². The third-order valence-electron chi connectivity index (χ3n) is 2.86. The van der Waals surface area contributed by atoms with E-state index < -0.39 is 17.8 Å². The van der Waals surface area contributed by atoms with Gasteiger partial charge in [-0.1, -0.05) is 13.3 Å². The molecule has 1 aliphatic rings. The fourth-order valence-electron chi connectivity index (χ4n) is 2.23. The third-order valence-corrected chi connectivity index (χ3v) is 2.86. The van der Waals surface area contributed by atoms with Gasteiger partial charge in [0.1, 0.15) is 6.10 Å². The molecule has 3 atom stereocenters. The maximum Gasteiger partial charge on any atom is 0.107 e. The molecule has 3 N–H and O–H groups in total. The summed E-state index contributed by atoms with van der Waals surface area (Å²) in [5, 5.41) is 27.5. The first-order valence-corrected chi connectivity index (χ1v) is 5.25. The summed E-state index contributed by atoms with van der Waals surface area (Å²) in [6.45, 7) is 1.95. The Morgan fingerprint density at radius 2 is 2.07 bits per heavy atom. The van der Waals surface area contributed by atoms with Crippen LogP contribution in [0.25, 0.3) is 0 Å². The Morgan fingerprint density at radius 3 is 2.50 bits per heavy atom. The van der Waals surface area contributed by atoms with Crippen molar-refractivity contribution < 1.29 is 20.1 Å². The molecule has 4 heteroatoms. The molecule has 1 rings (SSSR count). The quantitative estimate of drug-likeness (QED) is 0.592. The second kappa shape index (κ2) is 5.07. The van der Waals surface area contributed by atoms with Crippen LogP contribution in [0.1, 0.15) is 32.6 Å². The van der Waals surface area contributed by atoms with E-state index in [4.69, 9.17) is 14.9 Å². The monoisotopic (exact) mass is 204 g/mol. The minimum Gasteiger partial charge on any atom is -0.396 e. The lowest BCUT2D eigenvalue weighted by molar-refractivity contribution is -0.0849. The lowest BCUT2D eigenvalue weighted by atomic mass is 9.90. The summed E-state index contributed by atoms with van der Waals surface area (Å²) < 4.78 is 5.63. The lowest BCUT2D eigenvalue weighted by Gasteiger charge is -2.27. The molecule has 1 heterocycles. The summed E-state index contributed by atoms with van der Waals surface area (Å²) in [4.78, 5) is 0. The number of hydrogen-bond donors (Lipinski definition) is 3. The maximum atomic E-state index is 9.61. The molecule has 84 valence electrons. The minimum atomic E-state index is -0.599. The largest absolute Gasteiger partial charge is 0.396 e. The van der Waals surface area contributed by atoms with E-state index in [1.807, 2.05) is 6.92 Å². The molecule has 0 aromatic rings. The van der Waals surface area contributed by atoms with E-state index in [9.17, 15) is 5.11 Å². The summed E-state index contributed by atoms with van der Waals surface area (Å²) in [6, 6.07) is 0. The Morgan fingerprint density at radius 1 is 1.36 bits per heavy atom. The minimum absolute atomic E-state index is 0.0604. The van der Waals surface area contributed by atoms with E-state index in [1.54, 1.807) is 0 Å². The number of aliphatic hydroxyl groups excluding tert-OH is 3. The molecule has 0 bridgehead atoms. The van der Waals surface area contributed by atoms with Gasteiger partial charge >= 0.3 is 0 Å². The zero-order chi connectivity index (χ0) is 10.6. The molecule has 0 saturated carbocycles. The number of hydrogen-bond acceptors (Lipinski definition) is 4. The van der Waals surface area contributed by atoms with Gasteiger partial charge in [0.15, 0.2) is 0 Å². The fraction of sp³-hybridized carbons (Fsp3) is 1.00. The standard InChI is InChI=1S/C10H20O4/c1-2-3-10(4-5-11)6-8(13)9(7-12)14-10/h8-9,11-13H,2-7H2,1H3/t8-,9+,10-/m0/s1. The molecule has 0 spiro atoms. The molecule has 0 aromatic heterocycles. The van der Waals surface area contributed by atoms with Gasteiger partial charge in [-0.3, -0.25) is 0 Å². The predicted octanol–water partition coefficient (Wildman–Crippen LogP) is 0.0498. The second-order valence-electron chi connectivity index (χ2n) is 4.02. The third kappa shape index (κ3) is 2.45. The molecule has 14 heavy (non-hydrogen) atoms. The van der Waals surface area contributed by atoms with Crippen LogP contribution in [0.3, 0.4) is 0 Å². The highest BCUT2D eigenvalue weighted by Gasteiger charge is 2.44. The molecule has 1 aliphatic heterocycles. The number of rotatable bonds is 5. The Bertz CT molecular complexity index is 166. The Hall–Kier alpha value is -0.160. The summed E-state index contributed by atoms with van der Waals surface area (Å²) in [5.74, 6) is 0. The molecule has 4 nitrogen and oxygen atoms in total. The van der Waals surface area contributed by atoms with E-state index in [1.165, 1.54) is 0 Å². The molecule has 1 fully saturated rings. The van der Waals surface area contributed by atoms with Crippen LogP contribution in [0.4, 0.5) is 0 Å². The van der Waals surface area contributed by atoms with Crippen molar-refractivity contribution >= 4 is 0 Å². The highest BCUT2D eigenvalue weighted by molar-refractivity contribution is 4.93. The lowest BCUT2D eigenvalue weighted by Crippen LogP contribution is -2.31. The number of aliphatic hydroxyl groups is 3. The van der Waals surface area contributed by atoms with Gasteiger partial charge in [-0.15, -0.1) is 0 Å². The van der Waals surface area contributed by atoms with Crippen molar-refractivity contribution in [2.24, 2.45) is 0 Å². The van der Waals surface area contributed by atoms with Crippen molar-refractivity contribution in [1.29, 1.82) is 0 Å². The maximum absolute atomic E-state index is 9.61. The smallest absolute Gasteiger partial charge is 0.107 e. The second-order valence-corrected chi connectivity index (χ2v) is 4.02. The van der Waals surface area contributed by atoms with Crippen LogP contribution in [-0.4, -0.2) is 46.3 Å². The van der Waals surface area contributed by atoms with E-state index in [2.05, 4.69) is 0 Å². The molecule has 0 amide bonds. The Kier molecular flexibility index (Phi) is 4.31. The summed E-state index contributed by atoms with van der Waals surface area (Å²) in [7, 11) is 0. The van der Waals surface area contributed by atoms with E-state index in [0.717, 1.165) is 12.8 Å². The van der Waals surface area contributed by atoms with Gasteiger partial charge in [-0.05, 0) is 12.8 Å². The van der Waals surface area contributed by atoms with E-state index in [-0.39, 0.29) is 13.2 Å². The zero-order valence-corrected chi connectivity index (χ0v) is 8.65. The molecule has 0 aliphatic carbocycles. The summed E-state index contributed by atoms with van der Waals surface area (Å²) in [6.07, 6.45) is 1.75. The van der Waals surface area contributed by atoms with Gasteiger partial charge in [0.25, 0.3) is 0 Å². The fourth-order valence-corrected chi connectivity index (χ4v) is 2.23. The van der Waals surface area contributed by atoms with Gasteiger partial charge in [-0.25, -0.2) is 0 Å².